The van der Waals surface area contributed by atoms with E-state index in [1.165, 1.54) is 0 Å². The molecule has 0 N–H and O–H groups in total. The molecule has 0 aromatic heterocycles. The van der Waals surface area contributed by atoms with Crippen LogP contribution in [0, 0.1) is 21.8 Å². The van der Waals surface area contributed by atoms with E-state index in [-0.39, 0.29) is 0 Å². The summed E-state index contributed by atoms with van der Waals surface area (Å²) in [5, 5.41) is 8.81. The van der Waals surface area contributed by atoms with Gasteiger partial charge in [0.2, 0.25) is 0 Å². The summed E-state index contributed by atoms with van der Waals surface area (Å²) in [7, 11) is 0. The zero-order chi connectivity index (χ0) is 9.14. The van der Waals surface area contributed by atoms with Crippen LogP contribution >= 0.6 is 34.2 Å². The van der Waals surface area contributed by atoms with Gasteiger partial charge in [0.25, 0.3) is 0 Å². The number of benzene rings is 1. The minimum Gasteiger partial charge on any atom is -0.192 e. The van der Waals surface area contributed by atoms with Crippen LogP contribution in [0.4, 0.5) is 0 Å². The lowest BCUT2D eigenvalue weighted by molar-refractivity contribution is 1.28. The molecule has 1 aromatic carbocycles. The molecule has 1 rings (SSSR count). The average molecular weight is 292 g/mol. The number of rotatable bonds is 1. The first-order chi connectivity index (χ1) is 5.69. The molecule has 0 aliphatic rings. The van der Waals surface area contributed by atoms with Gasteiger partial charge in [-0.05, 0) is 52.8 Å². The molecular formula is C9H7ClIN. The minimum atomic E-state index is 0.403. The van der Waals surface area contributed by atoms with E-state index in [4.69, 9.17) is 16.9 Å². The van der Waals surface area contributed by atoms with Crippen LogP contribution in [0.15, 0.2) is 12.1 Å². The second kappa shape index (κ2) is 4.11. The first-order valence-corrected chi connectivity index (χ1v) is 5.05. The SMILES string of the molecule is Cc1cc(I)cc(CCl)c1C#N. The predicted molar refractivity (Wildman–Crippen MR) is 58.2 cm³/mol. The van der Waals surface area contributed by atoms with E-state index in [2.05, 4.69) is 28.7 Å². The molecule has 0 aliphatic heterocycles. The van der Waals surface area contributed by atoms with Gasteiger partial charge >= 0.3 is 0 Å². The van der Waals surface area contributed by atoms with Crippen LogP contribution in [-0.2, 0) is 5.88 Å². The molecule has 3 heteroatoms. The summed E-state index contributed by atoms with van der Waals surface area (Å²) < 4.78 is 1.12. The Kier molecular flexibility index (Phi) is 3.36. The molecule has 0 radical (unpaired) electrons. The van der Waals surface area contributed by atoms with Crippen molar-refractivity contribution in [3.8, 4) is 6.07 Å². The van der Waals surface area contributed by atoms with Gasteiger partial charge in [-0.1, -0.05) is 0 Å². The van der Waals surface area contributed by atoms with Crippen molar-refractivity contribution in [1.82, 2.24) is 0 Å². The van der Waals surface area contributed by atoms with Crippen molar-refractivity contribution in [3.05, 3.63) is 32.4 Å². The summed E-state index contributed by atoms with van der Waals surface area (Å²) in [5.74, 6) is 0.403. The topological polar surface area (TPSA) is 23.8 Å². The number of halogens is 2. The maximum atomic E-state index is 8.81. The quantitative estimate of drug-likeness (QED) is 0.576. The van der Waals surface area contributed by atoms with Crippen molar-refractivity contribution < 1.29 is 0 Å². The van der Waals surface area contributed by atoms with Crippen LogP contribution in [0.25, 0.3) is 0 Å². The number of aryl methyl sites for hydroxylation is 1. The molecular weight excluding hydrogens is 284 g/mol. The Morgan fingerprint density at radius 1 is 1.58 bits per heavy atom. The fourth-order valence-corrected chi connectivity index (χ4v) is 2.13. The van der Waals surface area contributed by atoms with Gasteiger partial charge in [-0.15, -0.1) is 11.6 Å². The Morgan fingerprint density at radius 3 is 2.75 bits per heavy atom. The molecule has 0 unspecified atom stereocenters. The molecule has 12 heavy (non-hydrogen) atoms. The molecule has 1 nitrogen and oxygen atoms in total. The number of alkyl halides is 1. The van der Waals surface area contributed by atoms with E-state index in [1.54, 1.807) is 0 Å². The fraction of sp³-hybridized carbons (Fsp3) is 0.222. The Labute approximate surface area is 90.5 Å². The van der Waals surface area contributed by atoms with Crippen molar-refractivity contribution in [2.45, 2.75) is 12.8 Å². The van der Waals surface area contributed by atoms with Gasteiger partial charge in [-0.25, -0.2) is 0 Å². The van der Waals surface area contributed by atoms with Gasteiger partial charge in [0, 0.05) is 9.45 Å². The Morgan fingerprint density at radius 2 is 2.25 bits per heavy atom. The molecule has 0 aliphatic carbocycles. The Balaban J connectivity index is 3.36. The van der Waals surface area contributed by atoms with E-state index in [0.29, 0.717) is 11.4 Å². The highest BCUT2D eigenvalue weighted by Gasteiger charge is 2.05. The van der Waals surface area contributed by atoms with E-state index < -0.39 is 0 Å². The van der Waals surface area contributed by atoms with Crippen LogP contribution in [0.3, 0.4) is 0 Å². The fourth-order valence-electron chi connectivity index (χ4n) is 1.08. The molecule has 1 aromatic rings. The van der Waals surface area contributed by atoms with Gasteiger partial charge in [0.1, 0.15) is 0 Å². The lowest BCUT2D eigenvalue weighted by Crippen LogP contribution is -1.91. The summed E-state index contributed by atoms with van der Waals surface area (Å²) in [6.45, 7) is 1.93. The highest BCUT2D eigenvalue weighted by Crippen LogP contribution is 2.19. The molecule has 62 valence electrons. The number of nitriles is 1. The molecule has 0 saturated heterocycles. The molecule has 0 amide bonds. The highest BCUT2D eigenvalue weighted by atomic mass is 127. The van der Waals surface area contributed by atoms with Crippen LogP contribution in [0.1, 0.15) is 16.7 Å². The van der Waals surface area contributed by atoms with Crippen molar-refractivity contribution in [2.24, 2.45) is 0 Å². The first kappa shape index (κ1) is 9.82. The van der Waals surface area contributed by atoms with Gasteiger partial charge < -0.3 is 0 Å². The third-order valence-electron chi connectivity index (χ3n) is 1.64. The summed E-state index contributed by atoms with van der Waals surface area (Å²) in [6, 6.07) is 6.08. The maximum absolute atomic E-state index is 8.81. The Bertz CT molecular complexity index is 341. The van der Waals surface area contributed by atoms with E-state index in [1.807, 2.05) is 19.1 Å². The van der Waals surface area contributed by atoms with E-state index in [0.717, 1.165) is 14.7 Å². The zero-order valence-corrected chi connectivity index (χ0v) is 9.48. The van der Waals surface area contributed by atoms with Gasteiger partial charge in [-0.2, -0.15) is 5.26 Å². The third kappa shape index (κ3) is 1.90. The minimum absolute atomic E-state index is 0.403. The second-order valence-corrected chi connectivity index (χ2v) is 4.02. The van der Waals surface area contributed by atoms with Crippen LogP contribution in [0.5, 0.6) is 0 Å². The summed E-state index contributed by atoms with van der Waals surface area (Å²) >= 11 is 7.92. The molecule has 0 saturated carbocycles. The van der Waals surface area contributed by atoms with Gasteiger partial charge in [-0.3, -0.25) is 0 Å². The van der Waals surface area contributed by atoms with Crippen molar-refractivity contribution in [2.75, 3.05) is 0 Å². The molecule has 0 spiro atoms. The number of nitrogens with zero attached hydrogens (tertiary/aromatic N) is 1. The predicted octanol–water partition coefficient (Wildman–Crippen LogP) is 3.21. The van der Waals surface area contributed by atoms with Crippen LogP contribution in [-0.4, -0.2) is 0 Å². The van der Waals surface area contributed by atoms with Gasteiger partial charge in [0.05, 0.1) is 11.6 Å². The van der Waals surface area contributed by atoms with E-state index in [9.17, 15) is 0 Å². The smallest absolute Gasteiger partial charge is 0.0997 e. The maximum Gasteiger partial charge on any atom is 0.0997 e. The molecule has 0 bridgehead atoms. The lowest BCUT2D eigenvalue weighted by Gasteiger charge is -2.03. The lowest BCUT2D eigenvalue weighted by atomic mass is 10.0. The molecule has 0 atom stereocenters. The summed E-state index contributed by atoms with van der Waals surface area (Å²) in [6.07, 6.45) is 0. The molecule has 0 fully saturated rings. The van der Waals surface area contributed by atoms with Crippen molar-refractivity contribution in [3.63, 3.8) is 0 Å². The van der Waals surface area contributed by atoms with Gasteiger partial charge in [0.15, 0.2) is 0 Å². The second-order valence-electron chi connectivity index (χ2n) is 2.50. The first-order valence-electron chi connectivity index (χ1n) is 3.44. The van der Waals surface area contributed by atoms with Crippen LogP contribution < -0.4 is 0 Å². The summed E-state index contributed by atoms with van der Waals surface area (Å²) in [4.78, 5) is 0. The monoisotopic (exact) mass is 291 g/mol. The van der Waals surface area contributed by atoms with Crippen molar-refractivity contribution >= 4 is 34.2 Å². The number of hydrogen-bond acceptors (Lipinski definition) is 1. The standard InChI is InChI=1S/C9H7ClIN/c1-6-2-8(11)3-7(4-10)9(6)5-12/h2-3H,4H2,1H3. The normalized spacial score (nSPS) is 9.50. The Hall–Kier alpha value is -0.270. The van der Waals surface area contributed by atoms with Crippen LogP contribution in [0.2, 0.25) is 0 Å². The largest absolute Gasteiger partial charge is 0.192 e. The van der Waals surface area contributed by atoms with E-state index >= 15 is 0 Å². The molecule has 0 heterocycles. The third-order valence-corrected chi connectivity index (χ3v) is 2.55. The average Bonchev–Trinajstić information content (AvgIpc) is 2.03. The van der Waals surface area contributed by atoms with Crippen molar-refractivity contribution in [1.29, 1.82) is 5.26 Å². The number of hydrogen-bond donors (Lipinski definition) is 0. The zero-order valence-electron chi connectivity index (χ0n) is 6.56. The summed E-state index contributed by atoms with van der Waals surface area (Å²) in [5.41, 5.74) is 2.63. The highest BCUT2D eigenvalue weighted by molar-refractivity contribution is 14.1.